The highest BCUT2D eigenvalue weighted by atomic mass is 19.1. The number of hydrogen-bond donors (Lipinski definition) is 0. The van der Waals surface area contributed by atoms with Crippen LogP contribution >= 0.6 is 0 Å². The topological polar surface area (TPSA) is 24.3 Å². The second-order valence-corrected chi connectivity index (χ2v) is 8.43. The van der Waals surface area contributed by atoms with E-state index in [1.807, 2.05) is 23.0 Å². The number of aromatic nitrogens is 2. The molecule has 2 aliphatic rings. The highest BCUT2D eigenvalue weighted by Gasteiger charge is 2.32. The van der Waals surface area contributed by atoms with Crippen molar-refractivity contribution in [1.29, 1.82) is 0 Å². The summed E-state index contributed by atoms with van der Waals surface area (Å²) in [6.45, 7) is 3.84. The van der Waals surface area contributed by atoms with E-state index < -0.39 is 11.6 Å². The number of hydrogen-bond acceptors (Lipinski definition) is 3. The van der Waals surface area contributed by atoms with Gasteiger partial charge in [-0.1, -0.05) is 0 Å². The Bertz CT molecular complexity index is 1040. The van der Waals surface area contributed by atoms with Crippen molar-refractivity contribution in [3.63, 3.8) is 0 Å². The quantitative estimate of drug-likeness (QED) is 0.594. The second kappa shape index (κ2) is 8.38. The van der Waals surface area contributed by atoms with E-state index in [0.717, 1.165) is 57.2 Å². The number of anilines is 1. The highest BCUT2D eigenvalue weighted by Crippen LogP contribution is 2.34. The third-order valence-corrected chi connectivity index (χ3v) is 6.59. The molecule has 31 heavy (non-hydrogen) atoms. The fourth-order valence-electron chi connectivity index (χ4n) is 4.89. The van der Waals surface area contributed by atoms with Crippen molar-refractivity contribution in [2.45, 2.75) is 31.3 Å². The Kier molecular flexibility index (Phi) is 5.44. The SMILES string of the molecule is Fc1ccc(N2CCN([C@H]3CC[C@@H](n4ccc(-c5ccc(F)cc5F)n4)C3)CC2)cc1. The van der Waals surface area contributed by atoms with E-state index in [2.05, 4.69) is 14.9 Å². The van der Waals surface area contributed by atoms with E-state index in [9.17, 15) is 13.2 Å². The van der Waals surface area contributed by atoms with Gasteiger partial charge in [-0.15, -0.1) is 0 Å². The molecule has 7 heteroatoms. The Hall–Kier alpha value is -2.80. The minimum Gasteiger partial charge on any atom is -0.369 e. The van der Waals surface area contributed by atoms with E-state index in [1.54, 1.807) is 6.07 Å². The summed E-state index contributed by atoms with van der Waals surface area (Å²) in [5.41, 5.74) is 1.93. The number of rotatable bonds is 4. The molecule has 0 radical (unpaired) electrons. The number of halogens is 3. The molecule has 0 spiro atoms. The third kappa shape index (κ3) is 4.19. The lowest BCUT2D eigenvalue weighted by Gasteiger charge is -2.39. The Labute approximate surface area is 179 Å². The van der Waals surface area contributed by atoms with Gasteiger partial charge in [0.15, 0.2) is 0 Å². The van der Waals surface area contributed by atoms with Crippen LogP contribution in [0.25, 0.3) is 11.3 Å². The Morgan fingerprint density at radius 3 is 2.23 bits per heavy atom. The van der Waals surface area contributed by atoms with Crippen LogP contribution in [-0.4, -0.2) is 46.9 Å². The molecule has 2 atom stereocenters. The minimum absolute atomic E-state index is 0.205. The molecule has 1 aromatic heterocycles. The summed E-state index contributed by atoms with van der Waals surface area (Å²) >= 11 is 0. The van der Waals surface area contributed by atoms with Crippen LogP contribution in [0.15, 0.2) is 54.7 Å². The lowest BCUT2D eigenvalue weighted by molar-refractivity contribution is 0.183. The van der Waals surface area contributed by atoms with Gasteiger partial charge in [0.05, 0.1) is 11.7 Å². The van der Waals surface area contributed by atoms with Crippen molar-refractivity contribution >= 4 is 5.69 Å². The molecular formula is C24H25F3N4. The molecule has 0 amide bonds. The first-order valence-corrected chi connectivity index (χ1v) is 10.8. The average Bonchev–Trinajstić information content (AvgIpc) is 3.44. The molecule has 1 aliphatic heterocycles. The van der Waals surface area contributed by atoms with Crippen molar-refractivity contribution < 1.29 is 13.2 Å². The number of nitrogens with zero attached hydrogens (tertiary/aromatic N) is 4. The summed E-state index contributed by atoms with van der Waals surface area (Å²) in [7, 11) is 0. The normalized spacial score (nSPS) is 22.2. The van der Waals surface area contributed by atoms with Gasteiger partial charge in [0, 0.05) is 55.7 Å². The molecule has 1 saturated carbocycles. The second-order valence-electron chi connectivity index (χ2n) is 8.43. The van der Waals surface area contributed by atoms with Crippen LogP contribution in [0.5, 0.6) is 0 Å². The first-order valence-electron chi connectivity index (χ1n) is 10.8. The molecule has 0 N–H and O–H groups in total. The fraction of sp³-hybridized carbons (Fsp3) is 0.375. The summed E-state index contributed by atoms with van der Waals surface area (Å²) in [4.78, 5) is 4.85. The van der Waals surface area contributed by atoms with Gasteiger partial charge in [-0.3, -0.25) is 9.58 Å². The van der Waals surface area contributed by atoms with Gasteiger partial charge in [-0.2, -0.15) is 5.10 Å². The van der Waals surface area contributed by atoms with E-state index in [1.165, 1.54) is 24.3 Å². The van der Waals surface area contributed by atoms with Crippen LogP contribution in [0.1, 0.15) is 25.3 Å². The standard InChI is InChI=1S/C24H25F3N4/c25-17-1-4-19(5-2-17)29-11-13-30(14-12-29)20-6-7-21(16-20)31-10-9-24(28-31)22-8-3-18(26)15-23(22)27/h1-5,8-10,15,20-21H,6-7,11-14,16H2/t20-,21+/m0/s1. The first kappa shape index (κ1) is 20.1. The first-order chi connectivity index (χ1) is 15.1. The predicted molar refractivity (Wildman–Crippen MR) is 114 cm³/mol. The summed E-state index contributed by atoms with van der Waals surface area (Å²) in [5, 5.41) is 4.59. The maximum Gasteiger partial charge on any atom is 0.135 e. The maximum atomic E-state index is 14.1. The average molecular weight is 426 g/mol. The van der Waals surface area contributed by atoms with Crippen molar-refractivity contribution in [2.24, 2.45) is 0 Å². The number of piperazine rings is 1. The van der Waals surface area contributed by atoms with Crippen LogP contribution in [-0.2, 0) is 0 Å². The lowest BCUT2D eigenvalue weighted by Crippen LogP contribution is -2.49. The van der Waals surface area contributed by atoms with Crippen LogP contribution in [0.3, 0.4) is 0 Å². The van der Waals surface area contributed by atoms with Crippen LogP contribution in [0, 0.1) is 17.5 Å². The summed E-state index contributed by atoms with van der Waals surface area (Å²) in [6.07, 6.45) is 5.07. The van der Waals surface area contributed by atoms with Gasteiger partial charge in [0.2, 0.25) is 0 Å². The van der Waals surface area contributed by atoms with Crippen LogP contribution in [0.4, 0.5) is 18.9 Å². The van der Waals surface area contributed by atoms with E-state index in [4.69, 9.17) is 0 Å². The molecule has 0 unspecified atom stereocenters. The van der Waals surface area contributed by atoms with Crippen LogP contribution in [0.2, 0.25) is 0 Å². The Balaban J connectivity index is 1.19. The fourth-order valence-corrected chi connectivity index (χ4v) is 4.89. The van der Waals surface area contributed by atoms with Gasteiger partial charge in [0.25, 0.3) is 0 Å². The molecule has 4 nitrogen and oxygen atoms in total. The third-order valence-electron chi connectivity index (χ3n) is 6.59. The van der Waals surface area contributed by atoms with Crippen molar-refractivity contribution in [1.82, 2.24) is 14.7 Å². The zero-order valence-corrected chi connectivity index (χ0v) is 17.2. The monoisotopic (exact) mass is 426 g/mol. The van der Waals surface area contributed by atoms with Gasteiger partial charge in [-0.25, -0.2) is 13.2 Å². The van der Waals surface area contributed by atoms with Crippen LogP contribution < -0.4 is 4.90 Å². The van der Waals surface area contributed by atoms with Crippen molar-refractivity contribution in [3.05, 3.63) is 72.2 Å². The lowest BCUT2D eigenvalue weighted by atomic mass is 10.1. The molecule has 1 saturated heterocycles. The van der Waals surface area contributed by atoms with Gasteiger partial charge in [0.1, 0.15) is 17.5 Å². The van der Waals surface area contributed by atoms with Gasteiger partial charge in [-0.05, 0) is 61.7 Å². The molecule has 162 valence electrons. The number of benzene rings is 2. The van der Waals surface area contributed by atoms with Crippen molar-refractivity contribution in [3.8, 4) is 11.3 Å². The zero-order chi connectivity index (χ0) is 21.4. The van der Waals surface area contributed by atoms with Gasteiger partial charge < -0.3 is 4.90 Å². The smallest absolute Gasteiger partial charge is 0.135 e. The molecule has 5 rings (SSSR count). The summed E-state index contributed by atoms with van der Waals surface area (Å²) in [6, 6.07) is 12.9. The molecule has 0 bridgehead atoms. The Morgan fingerprint density at radius 1 is 0.774 bits per heavy atom. The maximum absolute atomic E-state index is 14.1. The molecule has 2 fully saturated rings. The minimum atomic E-state index is -0.589. The highest BCUT2D eigenvalue weighted by molar-refractivity contribution is 5.59. The zero-order valence-electron chi connectivity index (χ0n) is 17.2. The molecule has 2 aromatic carbocycles. The van der Waals surface area contributed by atoms with E-state index in [-0.39, 0.29) is 11.9 Å². The van der Waals surface area contributed by atoms with Gasteiger partial charge >= 0.3 is 0 Å². The summed E-state index contributed by atoms with van der Waals surface area (Å²) < 4.78 is 42.4. The predicted octanol–water partition coefficient (Wildman–Crippen LogP) is 4.88. The largest absolute Gasteiger partial charge is 0.369 e. The summed E-state index contributed by atoms with van der Waals surface area (Å²) in [5.74, 6) is -1.38. The molecule has 1 aliphatic carbocycles. The van der Waals surface area contributed by atoms with E-state index in [0.29, 0.717) is 17.3 Å². The Morgan fingerprint density at radius 2 is 1.48 bits per heavy atom. The molecule has 3 aromatic rings. The van der Waals surface area contributed by atoms with Crippen molar-refractivity contribution in [2.75, 3.05) is 31.1 Å². The molecular weight excluding hydrogens is 401 g/mol. The van der Waals surface area contributed by atoms with E-state index >= 15 is 0 Å². The molecule has 2 heterocycles.